The van der Waals surface area contributed by atoms with Gasteiger partial charge in [0.15, 0.2) is 11.6 Å². The summed E-state index contributed by atoms with van der Waals surface area (Å²) in [4.78, 5) is 0. The fraction of sp³-hybridized carbons (Fsp3) is 0.538. The second kappa shape index (κ2) is 4.83. The Balaban J connectivity index is 2.82. The van der Waals surface area contributed by atoms with Crippen LogP contribution in [-0.2, 0) is 0 Å². The zero-order chi connectivity index (χ0) is 12.3. The van der Waals surface area contributed by atoms with Gasteiger partial charge in [0.1, 0.15) is 6.61 Å². The molecule has 0 aliphatic carbocycles. The molecule has 1 rings (SSSR count). The lowest BCUT2D eigenvalue weighted by molar-refractivity contribution is 0.0271. The van der Waals surface area contributed by atoms with Crippen LogP contribution in [0.3, 0.4) is 0 Å². The van der Waals surface area contributed by atoms with Crippen LogP contribution >= 0.6 is 0 Å². The molecular weight excluding hydrogens is 207 g/mol. The number of ether oxygens (including phenoxy) is 1. The average molecular weight is 226 g/mol. The molecule has 0 atom stereocenters. The van der Waals surface area contributed by atoms with Crippen LogP contribution in [0.1, 0.15) is 39.2 Å². The summed E-state index contributed by atoms with van der Waals surface area (Å²) in [5.41, 5.74) is 0.0624. The first-order valence-electron chi connectivity index (χ1n) is 5.44. The third-order valence-electron chi connectivity index (χ3n) is 2.20. The summed E-state index contributed by atoms with van der Waals surface area (Å²) in [7, 11) is 0. The van der Waals surface area contributed by atoms with Crippen LogP contribution < -0.4 is 4.74 Å². The molecule has 1 N–H and O–H groups in total. The van der Waals surface area contributed by atoms with E-state index in [1.54, 1.807) is 26.0 Å². The Hall–Kier alpha value is -1.09. The maximum Gasteiger partial charge on any atom is 0.165 e. The predicted molar refractivity (Wildman–Crippen MR) is 62.3 cm³/mol. The van der Waals surface area contributed by atoms with E-state index in [4.69, 9.17) is 4.74 Å². The van der Waals surface area contributed by atoms with Gasteiger partial charge in [0.25, 0.3) is 0 Å². The van der Waals surface area contributed by atoms with Crippen molar-refractivity contribution >= 4 is 0 Å². The molecule has 3 heteroatoms. The first kappa shape index (κ1) is 13.0. The van der Waals surface area contributed by atoms with Crippen molar-refractivity contribution in [2.24, 2.45) is 0 Å². The largest absolute Gasteiger partial charge is 0.488 e. The molecule has 2 nitrogen and oxygen atoms in total. The van der Waals surface area contributed by atoms with Crippen molar-refractivity contribution in [3.05, 3.63) is 29.6 Å². The predicted octanol–water partition coefficient (Wildman–Crippen LogP) is 3.10. The third kappa shape index (κ3) is 3.81. The highest BCUT2D eigenvalue weighted by Crippen LogP contribution is 2.24. The van der Waals surface area contributed by atoms with E-state index in [1.165, 1.54) is 6.07 Å². The lowest BCUT2D eigenvalue weighted by Crippen LogP contribution is -2.28. The Labute approximate surface area is 96.1 Å². The molecule has 0 fully saturated rings. The highest BCUT2D eigenvalue weighted by molar-refractivity contribution is 5.32. The molecule has 0 aliphatic rings. The van der Waals surface area contributed by atoms with Gasteiger partial charge in [-0.2, -0.15) is 0 Å². The minimum Gasteiger partial charge on any atom is -0.488 e. The lowest BCUT2D eigenvalue weighted by Gasteiger charge is -2.18. The van der Waals surface area contributed by atoms with Crippen molar-refractivity contribution in [3.63, 3.8) is 0 Å². The Kier molecular flexibility index (Phi) is 3.92. The van der Waals surface area contributed by atoms with E-state index in [0.717, 1.165) is 5.56 Å². The van der Waals surface area contributed by atoms with Gasteiger partial charge in [-0.15, -0.1) is 0 Å². The zero-order valence-electron chi connectivity index (χ0n) is 10.2. The van der Waals surface area contributed by atoms with E-state index in [0.29, 0.717) is 5.92 Å². The van der Waals surface area contributed by atoms with E-state index in [2.05, 4.69) is 0 Å². The average Bonchev–Trinajstić information content (AvgIpc) is 2.14. The van der Waals surface area contributed by atoms with Crippen molar-refractivity contribution in [2.75, 3.05) is 6.61 Å². The van der Waals surface area contributed by atoms with Crippen LogP contribution in [0.2, 0.25) is 0 Å². The summed E-state index contributed by atoms with van der Waals surface area (Å²) in [5.74, 6) is 0.132. The van der Waals surface area contributed by atoms with Gasteiger partial charge in [0.05, 0.1) is 5.60 Å². The molecule has 0 unspecified atom stereocenters. The topological polar surface area (TPSA) is 29.5 Å². The number of aliphatic hydroxyl groups is 1. The van der Waals surface area contributed by atoms with Gasteiger partial charge in [0.2, 0.25) is 0 Å². The van der Waals surface area contributed by atoms with Gasteiger partial charge in [-0.05, 0) is 37.5 Å². The van der Waals surface area contributed by atoms with E-state index >= 15 is 0 Å². The lowest BCUT2D eigenvalue weighted by atomic mass is 10.0. The second-order valence-electron chi connectivity index (χ2n) is 4.95. The van der Waals surface area contributed by atoms with Crippen molar-refractivity contribution < 1.29 is 14.2 Å². The molecule has 0 spiro atoms. The van der Waals surface area contributed by atoms with Crippen molar-refractivity contribution in [2.45, 2.75) is 39.2 Å². The van der Waals surface area contributed by atoms with E-state index in [9.17, 15) is 9.50 Å². The molecule has 0 bridgehead atoms. The fourth-order valence-electron chi connectivity index (χ4n) is 1.24. The quantitative estimate of drug-likeness (QED) is 0.854. The first-order chi connectivity index (χ1) is 7.29. The Morgan fingerprint density at radius 3 is 2.50 bits per heavy atom. The molecule has 16 heavy (non-hydrogen) atoms. The van der Waals surface area contributed by atoms with Gasteiger partial charge in [-0.25, -0.2) is 4.39 Å². The second-order valence-corrected chi connectivity index (χ2v) is 4.95. The third-order valence-corrected chi connectivity index (χ3v) is 2.20. The van der Waals surface area contributed by atoms with Gasteiger partial charge in [-0.1, -0.05) is 19.9 Å². The maximum absolute atomic E-state index is 13.4. The highest BCUT2D eigenvalue weighted by atomic mass is 19.1. The number of benzene rings is 1. The first-order valence-corrected chi connectivity index (χ1v) is 5.44. The standard InChI is InChI=1S/C13H19FO2/c1-9(2)10-5-6-11(14)12(7-10)16-8-13(3,4)15/h5-7,9,15H,8H2,1-4H3. The van der Waals surface area contributed by atoms with Crippen molar-refractivity contribution in [1.29, 1.82) is 0 Å². The molecule has 0 heterocycles. The monoisotopic (exact) mass is 226 g/mol. The van der Waals surface area contributed by atoms with Crippen molar-refractivity contribution in [1.82, 2.24) is 0 Å². The SMILES string of the molecule is CC(C)c1ccc(F)c(OCC(C)(C)O)c1. The fourth-order valence-corrected chi connectivity index (χ4v) is 1.24. The smallest absolute Gasteiger partial charge is 0.165 e. The van der Waals surface area contributed by atoms with Crippen LogP contribution in [0, 0.1) is 5.82 Å². The normalized spacial score (nSPS) is 11.9. The minimum atomic E-state index is -0.958. The van der Waals surface area contributed by atoms with Crippen LogP contribution in [0.5, 0.6) is 5.75 Å². The van der Waals surface area contributed by atoms with Crippen LogP contribution in [0.4, 0.5) is 4.39 Å². The van der Waals surface area contributed by atoms with Crippen LogP contribution in [0.15, 0.2) is 18.2 Å². The maximum atomic E-state index is 13.4. The number of hydrogen-bond acceptors (Lipinski definition) is 2. The van der Waals surface area contributed by atoms with Crippen molar-refractivity contribution in [3.8, 4) is 5.75 Å². The summed E-state index contributed by atoms with van der Waals surface area (Å²) in [6.07, 6.45) is 0. The number of rotatable bonds is 4. The molecular formula is C13H19FO2. The van der Waals surface area contributed by atoms with E-state index in [-0.39, 0.29) is 12.4 Å². The molecule has 0 aliphatic heterocycles. The minimum absolute atomic E-state index is 0.0749. The molecule has 0 saturated heterocycles. The molecule has 0 amide bonds. The molecule has 0 radical (unpaired) electrons. The summed E-state index contributed by atoms with van der Waals surface area (Å²) in [6, 6.07) is 4.83. The Morgan fingerprint density at radius 2 is 2.00 bits per heavy atom. The Bertz CT molecular complexity index is 353. The summed E-state index contributed by atoms with van der Waals surface area (Å²) in [6.45, 7) is 7.39. The Morgan fingerprint density at radius 1 is 1.38 bits per heavy atom. The van der Waals surface area contributed by atoms with E-state index in [1.807, 2.05) is 13.8 Å². The summed E-state index contributed by atoms with van der Waals surface area (Å²) in [5, 5.41) is 9.50. The summed E-state index contributed by atoms with van der Waals surface area (Å²) < 4.78 is 18.7. The molecule has 1 aromatic rings. The van der Waals surface area contributed by atoms with Gasteiger partial charge >= 0.3 is 0 Å². The molecule has 0 saturated carbocycles. The molecule has 0 aromatic heterocycles. The van der Waals surface area contributed by atoms with Crippen LogP contribution in [0.25, 0.3) is 0 Å². The van der Waals surface area contributed by atoms with Gasteiger partial charge < -0.3 is 9.84 Å². The number of halogens is 1. The highest BCUT2D eigenvalue weighted by Gasteiger charge is 2.15. The molecule has 1 aromatic carbocycles. The van der Waals surface area contributed by atoms with Gasteiger partial charge in [-0.3, -0.25) is 0 Å². The number of hydrogen-bond donors (Lipinski definition) is 1. The van der Waals surface area contributed by atoms with Gasteiger partial charge in [0, 0.05) is 0 Å². The van der Waals surface area contributed by atoms with E-state index < -0.39 is 11.4 Å². The zero-order valence-corrected chi connectivity index (χ0v) is 10.2. The summed E-state index contributed by atoms with van der Waals surface area (Å²) >= 11 is 0. The molecule has 90 valence electrons. The van der Waals surface area contributed by atoms with Crippen LogP contribution in [-0.4, -0.2) is 17.3 Å².